The first kappa shape index (κ1) is 81.3. The first-order valence-corrected chi connectivity index (χ1v) is 36.8. The highest BCUT2D eigenvalue weighted by Crippen LogP contribution is 2.41. The van der Waals surface area contributed by atoms with Gasteiger partial charge >= 0.3 is 0 Å². The Bertz CT molecular complexity index is 2880. The number of fused-ring (bicyclic) bond motifs is 16. The van der Waals surface area contributed by atoms with Gasteiger partial charge in [-0.05, 0) is 148 Å². The minimum Gasteiger partial charge on any atom is -0.357 e. The van der Waals surface area contributed by atoms with Gasteiger partial charge in [-0.15, -0.1) is 41.0 Å². The van der Waals surface area contributed by atoms with Gasteiger partial charge < -0.3 is 59.5 Å². The van der Waals surface area contributed by atoms with E-state index in [1.54, 1.807) is 0 Å². The molecule has 0 aromatic carbocycles. The molecule has 8 aromatic rings. The molecule has 0 spiro atoms. The van der Waals surface area contributed by atoms with Crippen molar-refractivity contribution < 1.29 is 135 Å². The molecule has 96 heavy (non-hydrogen) atoms. The predicted molar refractivity (Wildman–Crippen MR) is 309 cm³/mol. The molecule has 0 aliphatic carbocycles. The van der Waals surface area contributed by atoms with Crippen molar-refractivity contribution >= 4 is 0 Å². The van der Waals surface area contributed by atoms with Gasteiger partial charge in [0.15, 0.2) is 0 Å². The molecule has 16 bridgehead atoms. The normalized spacial score (nSPS) is 19.4. The summed E-state index contributed by atoms with van der Waals surface area (Å²) in [5.74, 6) is 0. The lowest BCUT2D eigenvalue weighted by Gasteiger charge is -2.30. The van der Waals surface area contributed by atoms with Crippen LogP contribution in [-0.4, -0.2) is 68.1 Å². The summed E-state index contributed by atoms with van der Waals surface area (Å²) in [5, 5.41) is 0. The van der Waals surface area contributed by atoms with Gasteiger partial charge in [-0.2, -0.15) is 0 Å². The van der Waals surface area contributed by atoms with E-state index in [2.05, 4.69) is 221 Å². The average molecular weight is 1430 g/mol. The lowest BCUT2D eigenvalue weighted by atomic mass is 9.76. The molecule has 2 aliphatic heterocycles. The Morgan fingerprint density at radius 1 is 0.229 bits per heavy atom. The minimum absolute atomic E-state index is 0.0223. The van der Waals surface area contributed by atoms with Crippen LogP contribution < -0.4 is 94.1 Å². The van der Waals surface area contributed by atoms with E-state index in [0.29, 0.717) is 0 Å². The van der Waals surface area contributed by atoms with E-state index in [0.717, 1.165) is 104 Å². The molecule has 0 saturated heterocycles. The van der Waals surface area contributed by atoms with Crippen LogP contribution in [-0.2, 0) is 74.0 Å². The van der Waals surface area contributed by atoms with Crippen LogP contribution in [0.1, 0.15) is 198 Å². The van der Waals surface area contributed by atoms with E-state index in [-0.39, 0.29) is 21.7 Å². The van der Waals surface area contributed by atoms with Crippen molar-refractivity contribution in [2.75, 3.05) is 28.2 Å². The third-order valence-corrected chi connectivity index (χ3v) is 18.9. The zero-order valence-corrected chi connectivity index (χ0v) is 59.6. The Kier molecular flexibility index (Phi) is 29.3. The van der Waals surface area contributed by atoms with Crippen molar-refractivity contribution in [1.29, 1.82) is 0 Å². The summed E-state index contributed by atoms with van der Waals surface area (Å²) in [5.41, 5.74) is 20.9. The lowest BCUT2D eigenvalue weighted by molar-refractivity contribution is -2.00. The summed E-state index contributed by atoms with van der Waals surface area (Å²) in [4.78, 5) is 36.6. The number of nitrogens with one attached hydrogen (secondary N) is 12. The van der Waals surface area contributed by atoms with Crippen molar-refractivity contribution in [2.45, 2.75) is 181 Å². The smallest absolute Gasteiger partial charge is 0.118 e. The zero-order valence-electron chi connectivity index (χ0n) is 56.6. The molecule has 10 rings (SSSR count). The van der Waals surface area contributed by atoms with E-state index in [1.807, 2.05) is 0 Å². The van der Waals surface area contributed by atoms with Gasteiger partial charge in [0.05, 0.1) is 73.7 Å². The van der Waals surface area contributed by atoms with Gasteiger partial charge in [-0.1, -0.05) is 55.4 Å². The number of quaternary nitrogens is 4. The van der Waals surface area contributed by atoms with Crippen LogP contribution in [0.2, 0.25) is 0 Å². The number of halogens is 4. The van der Waals surface area contributed by atoms with Crippen LogP contribution in [0.25, 0.3) is 0 Å². The summed E-state index contributed by atoms with van der Waals surface area (Å²) < 4.78 is 136. The summed E-state index contributed by atoms with van der Waals surface area (Å²) in [6, 6.07) is 36.9. The molecule has 12 N–H and O–H groups in total. The van der Waals surface area contributed by atoms with Crippen LogP contribution >= 0.6 is 0 Å². The first-order valence-electron chi connectivity index (χ1n) is 31.9. The highest BCUT2D eigenvalue weighted by atomic mass is 35.7. The van der Waals surface area contributed by atoms with Crippen LogP contribution in [0.15, 0.2) is 97.1 Å². The van der Waals surface area contributed by atoms with Crippen molar-refractivity contribution in [1.82, 2.24) is 39.9 Å². The fourth-order valence-electron chi connectivity index (χ4n) is 14.1. The van der Waals surface area contributed by atoms with Gasteiger partial charge in [-0.25, -0.2) is 74.5 Å². The SMILES string of the molecule is CCC1(CC)c2ccc([nH]2)C[NH+](C)Cc2ccc([nH]2)C(CC)(CC)c2ccc([nH]2)C[NH+](C)Cc2ccc1[nH]2.CCC1(CC)c2ccc([nH]2)C[NH+](C)Cc2ccc([nH]2)C(CC)(CC)c2ccc([nH]2)C[NH+](C)Cc2ccc1[nH]2.[O-][Cl+3]([O-])([O-])[O-].[O-][Cl+3]([O-])([O-])[O-].[O-][Cl+3]([O-])([O-])[O-].[O-][Cl+3]([O-])([O-])[O-]. The maximum absolute atomic E-state index is 8.49. The van der Waals surface area contributed by atoms with Gasteiger partial charge in [0.25, 0.3) is 0 Å². The first-order chi connectivity index (χ1) is 44.7. The maximum Gasteiger partial charge on any atom is 0.118 e. The standard InChI is InChI=1S/2C32H46N6.4ClHO4/c2*1-7-31(8-2)27-15-11-23(33-27)19-37(5)21-25-13-17-29(35-25)32(9-3,10-4)30-18-14-26(36-30)22-38(6)20-24-12-16-28(31)34-24;4*2-1(3,4)5/h2*11-18,33-36H,7-10,19-22H2,1-6H3;4*(H,2,3,4,5). The Morgan fingerprint density at radius 2 is 0.323 bits per heavy atom. The summed E-state index contributed by atoms with van der Waals surface area (Å²) in [7, 11) is -10.6. The summed E-state index contributed by atoms with van der Waals surface area (Å²) >= 11 is 0. The Morgan fingerprint density at radius 3 is 0.406 bits per heavy atom. The second-order valence-corrected chi connectivity index (χ2v) is 28.1. The highest BCUT2D eigenvalue weighted by Gasteiger charge is 2.38. The molecule has 28 nitrogen and oxygen atoms in total. The van der Waals surface area contributed by atoms with Gasteiger partial charge in [-0.3, -0.25) is 0 Å². The van der Waals surface area contributed by atoms with E-state index in [9.17, 15) is 0 Å². The number of aromatic amines is 8. The minimum atomic E-state index is -4.94. The number of hydrogen-bond donors (Lipinski definition) is 12. The van der Waals surface area contributed by atoms with Crippen molar-refractivity contribution in [3.63, 3.8) is 0 Å². The molecule has 0 amide bonds. The van der Waals surface area contributed by atoms with Crippen LogP contribution in [0.5, 0.6) is 0 Å². The number of rotatable bonds is 8. The van der Waals surface area contributed by atoms with Crippen LogP contribution in [0, 0.1) is 41.0 Å². The van der Waals surface area contributed by atoms with Gasteiger partial charge in [0.1, 0.15) is 52.4 Å². The number of aromatic nitrogens is 8. The van der Waals surface area contributed by atoms with Gasteiger partial charge in [0.2, 0.25) is 0 Å². The topological polar surface area (TPSA) is 513 Å². The molecule has 32 heteroatoms. The summed E-state index contributed by atoms with van der Waals surface area (Å²) in [6.07, 6.45) is 8.46. The quantitative estimate of drug-likeness (QED) is 0.0672. The predicted octanol–water partition coefficient (Wildman–Crippen LogP) is -11.1. The molecule has 0 atom stereocenters. The van der Waals surface area contributed by atoms with Crippen LogP contribution in [0.3, 0.4) is 0 Å². The lowest BCUT2D eigenvalue weighted by Crippen LogP contribution is -3.06. The zero-order chi connectivity index (χ0) is 71.8. The molecule has 8 aromatic heterocycles. The van der Waals surface area contributed by atoms with Gasteiger partial charge in [0, 0.05) is 67.2 Å². The number of H-pyrrole nitrogens is 8. The van der Waals surface area contributed by atoms with Crippen LogP contribution in [0.4, 0.5) is 0 Å². The van der Waals surface area contributed by atoms with E-state index >= 15 is 0 Å². The third kappa shape index (κ3) is 23.4. The van der Waals surface area contributed by atoms with E-state index in [4.69, 9.17) is 74.5 Å². The fourth-order valence-corrected chi connectivity index (χ4v) is 14.1. The fraction of sp³-hybridized carbons (Fsp3) is 0.500. The number of hydrogen-bond acceptors (Lipinski definition) is 16. The molecule has 0 fully saturated rings. The molecule has 2 aliphatic rings. The molecule has 536 valence electrons. The van der Waals surface area contributed by atoms with Crippen molar-refractivity contribution in [2.24, 2.45) is 0 Å². The second-order valence-electron chi connectivity index (χ2n) is 25.1. The van der Waals surface area contributed by atoms with Crippen molar-refractivity contribution in [3.05, 3.63) is 188 Å². The monoisotopic (exact) mass is 1430 g/mol. The molecule has 0 saturated carbocycles. The molecular formula is C64H96Cl4N12O16. The Balaban J connectivity index is 0.000000271. The second kappa shape index (κ2) is 34.6. The van der Waals surface area contributed by atoms with E-state index in [1.165, 1.54) is 111 Å². The third-order valence-electron chi connectivity index (χ3n) is 18.9. The highest BCUT2D eigenvalue weighted by molar-refractivity contribution is 5.38. The van der Waals surface area contributed by atoms with E-state index < -0.39 is 41.0 Å². The molecule has 0 unspecified atom stereocenters. The largest absolute Gasteiger partial charge is 0.357 e. The summed E-state index contributed by atoms with van der Waals surface area (Å²) in [6.45, 7) is 26.3. The molecular weight excluding hydrogens is 1330 g/mol. The van der Waals surface area contributed by atoms with Crippen molar-refractivity contribution in [3.8, 4) is 0 Å². The molecule has 10 heterocycles. The Labute approximate surface area is 569 Å². The maximum atomic E-state index is 8.49. The molecule has 0 radical (unpaired) electrons. The average Bonchev–Trinajstić information content (AvgIpc) is 1.61. The Hall–Kier alpha value is -5.40.